The summed E-state index contributed by atoms with van der Waals surface area (Å²) in [4.78, 5) is 0. The van der Waals surface area contributed by atoms with Gasteiger partial charge in [-0.05, 0) is 12.8 Å². The Morgan fingerprint density at radius 3 is 1.76 bits per heavy atom. The van der Waals surface area contributed by atoms with E-state index >= 15 is 0 Å². The standard InChI is InChI=1S/C15H25ClN/c16-12-8-5-3-1-2-4-6-9-13-17-14-10-7-11-15-17/h7,10-11,14-15H,1-6,8-9,12-13H2/q+1. The van der Waals surface area contributed by atoms with Crippen molar-refractivity contribution >= 4 is 11.6 Å². The van der Waals surface area contributed by atoms with Crippen LogP contribution in [0.5, 0.6) is 0 Å². The summed E-state index contributed by atoms with van der Waals surface area (Å²) < 4.78 is 2.26. The molecule has 1 heterocycles. The second-order valence-corrected chi connectivity index (χ2v) is 5.01. The first-order valence-corrected chi connectivity index (χ1v) is 7.47. The molecular formula is C15H25ClN+. The Balaban J connectivity index is 1.85. The summed E-state index contributed by atoms with van der Waals surface area (Å²) in [6.45, 7) is 1.16. The number of hydrogen-bond donors (Lipinski definition) is 0. The third-order valence-electron chi connectivity index (χ3n) is 3.08. The number of alkyl halides is 1. The van der Waals surface area contributed by atoms with E-state index in [1.54, 1.807) is 0 Å². The topological polar surface area (TPSA) is 3.88 Å². The van der Waals surface area contributed by atoms with Crippen molar-refractivity contribution in [1.29, 1.82) is 0 Å². The molecule has 1 aromatic heterocycles. The maximum atomic E-state index is 5.64. The fourth-order valence-corrected chi connectivity index (χ4v) is 2.22. The van der Waals surface area contributed by atoms with Gasteiger partial charge in [0.1, 0.15) is 6.54 Å². The molecule has 0 saturated carbocycles. The molecule has 0 aliphatic carbocycles. The van der Waals surface area contributed by atoms with E-state index in [0.29, 0.717) is 0 Å². The summed E-state index contributed by atoms with van der Waals surface area (Å²) in [6.07, 6.45) is 15.0. The minimum atomic E-state index is 0.828. The lowest BCUT2D eigenvalue weighted by atomic mass is 10.1. The summed E-state index contributed by atoms with van der Waals surface area (Å²) in [5.74, 6) is 0.828. The van der Waals surface area contributed by atoms with Crippen molar-refractivity contribution in [2.45, 2.75) is 57.9 Å². The first kappa shape index (κ1) is 14.5. The van der Waals surface area contributed by atoms with Gasteiger partial charge in [0.05, 0.1) is 0 Å². The van der Waals surface area contributed by atoms with Gasteiger partial charge in [0.15, 0.2) is 12.4 Å². The molecule has 17 heavy (non-hydrogen) atoms. The zero-order chi connectivity index (χ0) is 12.2. The van der Waals surface area contributed by atoms with Gasteiger partial charge in [-0.15, -0.1) is 11.6 Å². The number of nitrogens with zero attached hydrogens (tertiary/aromatic N) is 1. The Morgan fingerprint density at radius 1 is 0.647 bits per heavy atom. The number of hydrogen-bond acceptors (Lipinski definition) is 0. The number of unbranched alkanes of at least 4 members (excludes halogenated alkanes) is 7. The molecule has 0 unspecified atom stereocenters. The predicted molar refractivity (Wildman–Crippen MR) is 74.3 cm³/mol. The average molecular weight is 255 g/mol. The van der Waals surface area contributed by atoms with Gasteiger partial charge in [-0.25, -0.2) is 4.57 Å². The van der Waals surface area contributed by atoms with E-state index in [2.05, 4.69) is 35.2 Å². The number of pyridine rings is 1. The van der Waals surface area contributed by atoms with Crippen molar-refractivity contribution < 1.29 is 4.57 Å². The molecule has 0 radical (unpaired) electrons. The molecule has 0 atom stereocenters. The van der Waals surface area contributed by atoms with Crippen LogP contribution in [0.3, 0.4) is 0 Å². The van der Waals surface area contributed by atoms with Crippen LogP contribution in [0.2, 0.25) is 0 Å². The van der Waals surface area contributed by atoms with E-state index in [1.807, 2.05) is 0 Å². The Kier molecular flexibility index (Phi) is 9.03. The fraction of sp³-hybridized carbons (Fsp3) is 0.667. The largest absolute Gasteiger partial charge is 0.205 e. The van der Waals surface area contributed by atoms with Gasteiger partial charge in [-0.3, -0.25) is 0 Å². The van der Waals surface area contributed by atoms with Crippen molar-refractivity contribution in [3.8, 4) is 0 Å². The minimum absolute atomic E-state index is 0.828. The van der Waals surface area contributed by atoms with Crippen LogP contribution in [0.25, 0.3) is 0 Å². The van der Waals surface area contributed by atoms with Crippen molar-refractivity contribution in [1.82, 2.24) is 0 Å². The SMILES string of the molecule is ClCCCCCCCCCC[n+]1ccccc1. The molecule has 2 heteroatoms. The lowest BCUT2D eigenvalue weighted by molar-refractivity contribution is -0.697. The molecule has 0 aromatic carbocycles. The summed E-state index contributed by atoms with van der Waals surface area (Å²) in [6, 6.07) is 6.26. The summed E-state index contributed by atoms with van der Waals surface area (Å²) >= 11 is 5.64. The molecule has 0 N–H and O–H groups in total. The second-order valence-electron chi connectivity index (χ2n) is 4.63. The number of aryl methyl sites for hydroxylation is 1. The van der Waals surface area contributed by atoms with Crippen LogP contribution in [0.1, 0.15) is 51.4 Å². The van der Waals surface area contributed by atoms with Crippen molar-refractivity contribution in [3.05, 3.63) is 30.6 Å². The van der Waals surface area contributed by atoms with Crippen LogP contribution in [0.15, 0.2) is 30.6 Å². The van der Waals surface area contributed by atoms with E-state index in [4.69, 9.17) is 11.6 Å². The Morgan fingerprint density at radius 2 is 1.18 bits per heavy atom. The maximum Gasteiger partial charge on any atom is 0.168 e. The van der Waals surface area contributed by atoms with Gasteiger partial charge in [0.2, 0.25) is 0 Å². The highest BCUT2D eigenvalue weighted by Gasteiger charge is 1.97. The Labute approximate surface area is 111 Å². The summed E-state index contributed by atoms with van der Waals surface area (Å²) in [7, 11) is 0. The van der Waals surface area contributed by atoms with E-state index in [9.17, 15) is 0 Å². The van der Waals surface area contributed by atoms with Crippen LogP contribution in [0, 0.1) is 0 Å². The average Bonchev–Trinajstić information content (AvgIpc) is 2.38. The highest BCUT2D eigenvalue weighted by Crippen LogP contribution is 2.08. The molecule has 0 aliphatic rings. The normalized spacial score (nSPS) is 10.6. The fourth-order valence-electron chi connectivity index (χ4n) is 2.03. The number of halogens is 1. The smallest absolute Gasteiger partial charge is 0.168 e. The second kappa shape index (κ2) is 10.6. The number of aromatic nitrogens is 1. The molecule has 0 bridgehead atoms. The quantitative estimate of drug-likeness (QED) is 0.332. The molecule has 0 aliphatic heterocycles. The zero-order valence-electron chi connectivity index (χ0n) is 10.8. The first-order chi connectivity index (χ1) is 8.43. The molecule has 96 valence electrons. The lowest BCUT2D eigenvalue weighted by Gasteiger charge is -2.00. The highest BCUT2D eigenvalue weighted by atomic mass is 35.5. The molecule has 1 aromatic rings. The molecule has 0 saturated heterocycles. The van der Waals surface area contributed by atoms with Crippen LogP contribution in [0.4, 0.5) is 0 Å². The molecule has 1 nitrogen and oxygen atoms in total. The third-order valence-corrected chi connectivity index (χ3v) is 3.34. The van der Waals surface area contributed by atoms with Gasteiger partial charge in [-0.2, -0.15) is 0 Å². The van der Waals surface area contributed by atoms with Gasteiger partial charge in [-0.1, -0.05) is 38.2 Å². The van der Waals surface area contributed by atoms with Crippen LogP contribution < -0.4 is 4.57 Å². The molecular weight excluding hydrogens is 230 g/mol. The highest BCUT2D eigenvalue weighted by molar-refractivity contribution is 6.17. The predicted octanol–water partition coefficient (Wildman–Crippen LogP) is 4.33. The van der Waals surface area contributed by atoms with Gasteiger partial charge in [0.25, 0.3) is 0 Å². The van der Waals surface area contributed by atoms with Gasteiger partial charge in [0, 0.05) is 24.4 Å². The molecule has 1 rings (SSSR count). The summed E-state index contributed by atoms with van der Waals surface area (Å²) in [5.41, 5.74) is 0. The van der Waals surface area contributed by atoms with E-state index < -0.39 is 0 Å². The van der Waals surface area contributed by atoms with E-state index in [0.717, 1.165) is 12.4 Å². The Hall–Kier alpha value is -0.560. The van der Waals surface area contributed by atoms with Gasteiger partial charge >= 0.3 is 0 Å². The van der Waals surface area contributed by atoms with E-state index in [1.165, 1.54) is 51.4 Å². The maximum absolute atomic E-state index is 5.64. The van der Waals surface area contributed by atoms with Crippen molar-refractivity contribution in [3.63, 3.8) is 0 Å². The monoisotopic (exact) mass is 254 g/mol. The minimum Gasteiger partial charge on any atom is -0.205 e. The van der Waals surface area contributed by atoms with Crippen molar-refractivity contribution in [2.24, 2.45) is 0 Å². The van der Waals surface area contributed by atoms with Gasteiger partial charge < -0.3 is 0 Å². The molecule has 0 amide bonds. The third kappa shape index (κ3) is 8.20. The molecule has 0 fully saturated rings. The summed E-state index contributed by atoms with van der Waals surface area (Å²) in [5, 5.41) is 0. The number of rotatable bonds is 10. The van der Waals surface area contributed by atoms with Crippen LogP contribution in [-0.4, -0.2) is 5.88 Å². The van der Waals surface area contributed by atoms with Crippen molar-refractivity contribution in [2.75, 3.05) is 5.88 Å². The first-order valence-electron chi connectivity index (χ1n) is 6.93. The van der Waals surface area contributed by atoms with E-state index in [-0.39, 0.29) is 0 Å². The van der Waals surface area contributed by atoms with Crippen LogP contribution in [-0.2, 0) is 6.54 Å². The molecule has 0 spiro atoms. The zero-order valence-corrected chi connectivity index (χ0v) is 11.5. The van der Waals surface area contributed by atoms with Crippen LogP contribution >= 0.6 is 11.6 Å². The Bertz CT molecular complexity index is 261. The lowest BCUT2D eigenvalue weighted by Crippen LogP contribution is -2.32.